The van der Waals surface area contributed by atoms with E-state index in [1.54, 1.807) is 17.1 Å². The molecular weight excluding hydrogens is 340 g/mol. The van der Waals surface area contributed by atoms with Crippen LogP contribution in [-0.4, -0.2) is 43.4 Å². The number of hydrogen-bond acceptors (Lipinski definition) is 5. The summed E-state index contributed by atoms with van der Waals surface area (Å²) < 4.78 is 1.75. The highest BCUT2D eigenvalue weighted by atomic mass is 16.2. The minimum Gasteiger partial charge on any atom is -0.340 e. The van der Waals surface area contributed by atoms with Crippen LogP contribution in [0.3, 0.4) is 0 Å². The van der Waals surface area contributed by atoms with E-state index in [0.29, 0.717) is 23.2 Å². The summed E-state index contributed by atoms with van der Waals surface area (Å²) in [7, 11) is 0. The molecule has 4 rings (SSSR count). The highest BCUT2D eigenvalue weighted by Crippen LogP contribution is 2.19. The fourth-order valence-corrected chi connectivity index (χ4v) is 3.16. The van der Waals surface area contributed by atoms with Gasteiger partial charge in [0.25, 0.3) is 5.91 Å². The summed E-state index contributed by atoms with van der Waals surface area (Å²) in [5.41, 5.74) is 1.39. The van der Waals surface area contributed by atoms with Crippen molar-refractivity contribution < 1.29 is 4.79 Å². The van der Waals surface area contributed by atoms with Gasteiger partial charge in [-0.3, -0.25) is 9.36 Å². The van der Waals surface area contributed by atoms with Crippen LogP contribution in [0, 0.1) is 5.92 Å². The number of benzene rings is 1. The van der Waals surface area contributed by atoms with Crippen LogP contribution in [0.5, 0.6) is 0 Å². The van der Waals surface area contributed by atoms with Crippen LogP contribution < -0.4 is 5.32 Å². The Morgan fingerprint density at radius 1 is 1.11 bits per heavy atom. The number of carbonyl (C=O) groups excluding carboxylic acids is 1. The third-order valence-corrected chi connectivity index (χ3v) is 4.84. The summed E-state index contributed by atoms with van der Waals surface area (Å²) in [6.07, 6.45) is 6.94. The molecule has 1 aliphatic rings. The van der Waals surface area contributed by atoms with Crippen molar-refractivity contribution in [2.75, 3.05) is 18.4 Å². The normalized spacial score (nSPS) is 14.9. The molecule has 0 spiro atoms. The van der Waals surface area contributed by atoms with Crippen molar-refractivity contribution in [1.29, 1.82) is 0 Å². The molecular formula is C20H22N6O. The van der Waals surface area contributed by atoms with Crippen molar-refractivity contribution >= 4 is 17.4 Å². The monoisotopic (exact) mass is 362 g/mol. The Hall–Kier alpha value is -3.22. The topological polar surface area (TPSA) is 75.9 Å². The van der Waals surface area contributed by atoms with Crippen LogP contribution in [0.25, 0.3) is 5.82 Å². The molecule has 7 nitrogen and oxygen atoms in total. The van der Waals surface area contributed by atoms with Crippen molar-refractivity contribution in [3.63, 3.8) is 0 Å². The second-order valence-corrected chi connectivity index (χ2v) is 6.89. The molecule has 0 aliphatic carbocycles. The van der Waals surface area contributed by atoms with Crippen LogP contribution in [0.1, 0.15) is 30.3 Å². The number of anilines is 2. The van der Waals surface area contributed by atoms with Gasteiger partial charge in [0.2, 0.25) is 0 Å². The number of aromatic nitrogens is 4. The van der Waals surface area contributed by atoms with Gasteiger partial charge in [-0.2, -0.15) is 0 Å². The van der Waals surface area contributed by atoms with E-state index < -0.39 is 0 Å². The minimum absolute atomic E-state index is 0.0164. The molecule has 1 saturated heterocycles. The van der Waals surface area contributed by atoms with Gasteiger partial charge in [-0.15, -0.1) is 0 Å². The molecule has 1 aliphatic heterocycles. The first-order chi connectivity index (χ1) is 13.2. The molecule has 7 heteroatoms. The number of para-hydroxylation sites is 1. The minimum atomic E-state index is -0.0164. The van der Waals surface area contributed by atoms with Gasteiger partial charge in [0.15, 0.2) is 0 Å². The average molecular weight is 362 g/mol. The van der Waals surface area contributed by atoms with E-state index in [4.69, 9.17) is 0 Å². The molecule has 1 amide bonds. The number of likely N-dealkylation sites (tertiary alicyclic amines) is 1. The maximum atomic E-state index is 12.7. The van der Waals surface area contributed by atoms with Crippen LogP contribution >= 0.6 is 0 Å². The summed E-state index contributed by atoms with van der Waals surface area (Å²) in [6, 6.07) is 11.6. The number of nitrogens with one attached hydrogen (secondary N) is 1. The van der Waals surface area contributed by atoms with Crippen LogP contribution in [0.15, 0.2) is 55.2 Å². The molecule has 0 atom stereocenters. The van der Waals surface area contributed by atoms with Gasteiger partial charge < -0.3 is 10.2 Å². The van der Waals surface area contributed by atoms with Crippen molar-refractivity contribution in [3.8, 4) is 5.82 Å². The molecule has 0 saturated carbocycles. The summed E-state index contributed by atoms with van der Waals surface area (Å²) in [5, 5.41) is 3.24. The number of piperidine rings is 1. The Morgan fingerprint density at radius 3 is 2.67 bits per heavy atom. The molecule has 1 fully saturated rings. The summed E-state index contributed by atoms with van der Waals surface area (Å²) >= 11 is 0. The number of carbonyl (C=O) groups is 1. The maximum Gasteiger partial charge on any atom is 0.274 e. The Morgan fingerprint density at radius 2 is 1.89 bits per heavy atom. The predicted octanol–water partition coefficient (Wildman–Crippen LogP) is 3.28. The van der Waals surface area contributed by atoms with Crippen LogP contribution in [0.4, 0.5) is 11.5 Å². The van der Waals surface area contributed by atoms with Gasteiger partial charge in [-0.05, 0) is 30.9 Å². The molecule has 0 bridgehead atoms. The molecule has 27 heavy (non-hydrogen) atoms. The highest BCUT2D eigenvalue weighted by molar-refractivity contribution is 5.92. The van der Waals surface area contributed by atoms with Gasteiger partial charge in [-0.1, -0.05) is 25.1 Å². The van der Waals surface area contributed by atoms with Gasteiger partial charge >= 0.3 is 0 Å². The first-order valence-corrected chi connectivity index (χ1v) is 9.17. The Labute approximate surface area is 158 Å². The molecule has 1 aromatic carbocycles. The third-order valence-electron chi connectivity index (χ3n) is 4.84. The zero-order chi connectivity index (χ0) is 18.6. The lowest BCUT2D eigenvalue weighted by molar-refractivity contribution is 0.0692. The Kier molecular flexibility index (Phi) is 4.82. The lowest BCUT2D eigenvalue weighted by Crippen LogP contribution is -2.38. The van der Waals surface area contributed by atoms with Gasteiger partial charge in [-0.25, -0.2) is 15.0 Å². The fraction of sp³-hybridized carbons (Fsp3) is 0.300. The Balaban J connectivity index is 1.50. The molecule has 3 heterocycles. The van der Waals surface area contributed by atoms with Gasteiger partial charge in [0.05, 0.1) is 0 Å². The quantitative estimate of drug-likeness (QED) is 0.771. The van der Waals surface area contributed by atoms with E-state index >= 15 is 0 Å². The van der Waals surface area contributed by atoms with Crippen molar-refractivity contribution in [2.24, 2.45) is 5.92 Å². The number of nitrogens with zero attached hydrogens (tertiary/aromatic N) is 5. The van der Waals surface area contributed by atoms with E-state index in [1.807, 2.05) is 41.3 Å². The second-order valence-electron chi connectivity index (χ2n) is 6.89. The highest BCUT2D eigenvalue weighted by Gasteiger charge is 2.23. The largest absolute Gasteiger partial charge is 0.340 e. The predicted molar refractivity (Wildman–Crippen MR) is 103 cm³/mol. The van der Waals surface area contributed by atoms with Crippen LogP contribution in [0.2, 0.25) is 0 Å². The number of imidazole rings is 1. The van der Waals surface area contributed by atoms with Crippen molar-refractivity contribution in [3.05, 3.63) is 60.9 Å². The first kappa shape index (κ1) is 17.2. The maximum absolute atomic E-state index is 12.7. The molecule has 138 valence electrons. The summed E-state index contributed by atoms with van der Waals surface area (Å²) in [4.78, 5) is 27.4. The first-order valence-electron chi connectivity index (χ1n) is 9.17. The lowest BCUT2D eigenvalue weighted by atomic mass is 9.99. The fourth-order valence-electron chi connectivity index (χ4n) is 3.16. The van der Waals surface area contributed by atoms with E-state index in [-0.39, 0.29) is 5.91 Å². The number of rotatable bonds is 4. The van der Waals surface area contributed by atoms with Crippen molar-refractivity contribution in [1.82, 2.24) is 24.4 Å². The second kappa shape index (κ2) is 7.57. The molecule has 3 aromatic rings. The average Bonchev–Trinajstić information content (AvgIpc) is 3.19. The zero-order valence-corrected chi connectivity index (χ0v) is 15.2. The Bertz CT molecular complexity index is 915. The van der Waals surface area contributed by atoms with E-state index in [0.717, 1.165) is 31.6 Å². The van der Waals surface area contributed by atoms with Gasteiger partial charge in [0, 0.05) is 31.0 Å². The molecule has 0 unspecified atom stereocenters. The molecule has 0 radical (unpaired) electrons. The number of hydrogen-bond donors (Lipinski definition) is 1. The molecule has 2 aromatic heterocycles. The van der Waals surface area contributed by atoms with E-state index in [1.165, 1.54) is 6.33 Å². The summed E-state index contributed by atoms with van der Waals surface area (Å²) in [6.45, 7) is 3.82. The zero-order valence-electron chi connectivity index (χ0n) is 15.2. The van der Waals surface area contributed by atoms with E-state index in [2.05, 4.69) is 27.2 Å². The number of amides is 1. The standard InChI is InChI=1S/C20H22N6O/c1-15-7-9-25(10-8-15)20(27)17-12-26(14-23-17)19-11-18(21-13-22-19)24-16-5-3-2-4-6-16/h2-6,11-15H,7-10H2,1H3,(H,21,22,24). The van der Waals surface area contributed by atoms with Crippen molar-refractivity contribution in [2.45, 2.75) is 19.8 Å². The summed E-state index contributed by atoms with van der Waals surface area (Å²) in [5.74, 6) is 2.00. The SMILES string of the molecule is CC1CCN(C(=O)c2cn(-c3cc(Nc4ccccc4)ncn3)cn2)CC1. The smallest absolute Gasteiger partial charge is 0.274 e. The molecule has 1 N–H and O–H groups in total. The van der Waals surface area contributed by atoms with Crippen LogP contribution in [-0.2, 0) is 0 Å². The lowest BCUT2D eigenvalue weighted by Gasteiger charge is -2.29. The third kappa shape index (κ3) is 3.97. The van der Waals surface area contributed by atoms with Gasteiger partial charge in [0.1, 0.15) is 30.0 Å². The van der Waals surface area contributed by atoms with E-state index in [9.17, 15) is 4.79 Å².